The number of nitrogens with zero attached hydrogens (tertiary/aromatic N) is 2. The fraction of sp³-hybridized carbons (Fsp3) is 0.619. The SMILES string of the molecule is CCc1ccc(-c2nnc(C3CCC(C(C)(C)CC)CC3)o2)cc1. The minimum absolute atomic E-state index is 0.435. The predicted octanol–water partition coefficient (Wildman–Crippen LogP) is 6.01. The molecule has 0 N–H and O–H groups in total. The van der Waals surface area contributed by atoms with Crippen LogP contribution in [0.4, 0.5) is 0 Å². The molecule has 1 aliphatic rings. The first-order valence-corrected chi connectivity index (χ1v) is 9.46. The zero-order chi connectivity index (χ0) is 17.2. The van der Waals surface area contributed by atoms with Gasteiger partial charge in [0, 0.05) is 11.5 Å². The maximum absolute atomic E-state index is 6.01. The molecule has 1 aromatic heterocycles. The van der Waals surface area contributed by atoms with Gasteiger partial charge in [-0.05, 0) is 61.1 Å². The summed E-state index contributed by atoms with van der Waals surface area (Å²) in [4.78, 5) is 0. The van der Waals surface area contributed by atoms with Gasteiger partial charge in [-0.1, -0.05) is 46.2 Å². The van der Waals surface area contributed by atoms with E-state index in [0.717, 1.165) is 23.8 Å². The molecule has 3 nitrogen and oxygen atoms in total. The normalized spacial score (nSPS) is 21.8. The molecule has 1 heterocycles. The lowest BCUT2D eigenvalue weighted by Crippen LogP contribution is -2.27. The van der Waals surface area contributed by atoms with Gasteiger partial charge in [0.25, 0.3) is 0 Å². The minimum atomic E-state index is 0.435. The average molecular weight is 326 g/mol. The molecule has 0 saturated heterocycles. The molecule has 3 heteroatoms. The van der Waals surface area contributed by atoms with Gasteiger partial charge in [-0.15, -0.1) is 10.2 Å². The zero-order valence-electron chi connectivity index (χ0n) is 15.5. The summed E-state index contributed by atoms with van der Waals surface area (Å²) in [5, 5.41) is 8.63. The highest BCUT2D eigenvalue weighted by atomic mass is 16.4. The maximum Gasteiger partial charge on any atom is 0.247 e. The molecular formula is C21H30N2O. The van der Waals surface area contributed by atoms with Crippen molar-refractivity contribution in [1.82, 2.24) is 10.2 Å². The molecule has 130 valence electrons. The monoisotopic (exact) mass is 326 g/mol. The Morgan fingerprint density at radius 2 is 1.67 bits per heavy atom. The molecule has 1 aliphatic carbocycles. The second kappa shape index (κ2) is 7.08. The highest BCUT2D eigenvalue weighted by molar-refractivity contribution is 5.53. The van der Waals surface area contributed by atoms with Crippen molar-refractivity contribution in [3.05, 3.63) is 35.7 Å². The van der Waals surface area contributed by atoms with E-state index in [1.807, 2.05) is 0 Å². The van der Waals surface area contributed by atoms with Crippen LogP contribution < -0.4 is 0 Å². The Balaban J connectivity index is 1.66. The number of aryl methyl sites for hydroxylation is 1. The van der Waals surface area contributed by atoms with Crippen LogP contribution in [0.5, 0.6) is 0 Å². The first-order valence-electron chi connectivity index (χ1n) is 9.46. The Labute approximate surface area is 145 Å². The van der Waals surface area contributed by atoms with E-state index < -0.39 is 0 Å². The average Bonchev–Trinajstić information content (AvgIpc) is 3.12. The van der Waals surface area contributed by atoms with E-state index in [0.29, 0.717) is 17.2 Å². The van der Waals surface area contributed by atoms with Gasteiger partial charge >= 0.3 is 0 Å². The van der Waals surface area contributed by atoms with Crippen LogP contribution in [0.15, 0.2) is 28.7 Å². The lowest BCUT2D eigenvalue weighted by molar-refractivity contribution is 0.138. The van der Waals surface area contributed by atoms with Crippen molar-refractivity contribution in [1.29, 1.82) is 0 Å². The minimum Gasteiger partial charge on any atom is -0.420 e. The fourth-order valence-corrected chi connectivity index (χ4v) is 3.81. The third-order valence-electron chi connectivity index (χ3n) is 6.14. The van der Waals surface area contributed by atoms with E-state index in [1.54, 1.807) is 0 Å². The van der Waals surface area contributed by atoms with Crippen molar-refractivity contribution in [3.8, 4) is 11.5 Å². The smallest absolute Gasteiger partial charge is 0.247 e. The highest BCUT2D eigenvalue weighted by Gasteiger charge is 2.33. The van der Waals surface area contributed by atoms with Crippen molar-refractivity contribution in [2.24, 2.45) is 11.3 Å². The molecule has 0 bridgehead atoms. The third kappa shape index (κ3) is 3.55. The quantitative estimate of drug-likeness (QED) is 0.675. The van der Waals surface area contributed by atoms with Gasteiger partial charge in [-0.2, -0.15) is 0 Å². The molecule has 3 rings (SSSR count). The van der Waals surface area contributed by atoms with E-state index in [9.17, 15) is 0 Å². The standard InChI is InChI=1S/C21H30N2O/c1-5-15-7-9-16(10-8-15)19-22-23-20(24-19)17-11-13-18(14-12-17)21(3,4)6-2/h7-10,17-18H,5-6,11-14H2,1-4H3. The van der Waals surface area contributed by atoms with Crippen LogP contribution >= 0.6 is 0 Å². The third-order valence-corrected chi connectivity index (χ3v) is 6.14. The van der Waals surface area contributed by atoms with E-state index >= 15 is 0 Å². The van der Waals surface area contributed by atoms with Crippen molar-refractivity contribution in [2.75, 3.05) is 0 Å². The van der Waals surface area contributed by atoms with Crippen molar-refractivity contribution in [3.63, 3.8) is 0 Å². The van der Waals surface area contributed by atoms with Gasteiger partial charge in [0.1, 0.15) is 0 Å². The van der Waals surface area contributed by atoms with Crippen LogP contribution in [0.3, 0.4) is 0 Å². The molecule has 0 unspecified atom stereocenters. The van der Waals surface area contributed by atoms with E-state index in [1.165, 1.54) is 37.7 Å². The van der Waals surface area contributed by atoms with Crippen LogP contribution in [0.25, 0.3) is 11.5 Å². The van der Waals surface area contributed by atoms with Gasteiger partial charge in [-0.25, -0.2) is 0 Å². The van der Waals surface area contributed by atoms with Gasteiger partial charge in [-0.3, -0.25) is 0 Å². The van der Waals surface area contributed by atoms with E-state index in [2.05, 4.69) is 62.2 Å². The Bertz CT molecular complexity index is 649. The Morgan fingerprint density at radius 3 is 2.25 bits per heavy atom. The molecule has 0 radical (unpaired) electrons. The fourth-order valence-electron chi connectivity index (χ4n) is 3.81. The van der Waals surface area contributed by atoms with Crippen LogP contribution in [-0.2, 0) is 6.42 Å². The number of hydrogen-bond donors (Lipinski definition) is 0. The van der Waals surface area contributed by atoms with E-state index in [4.69, 9.17) is 4.42 Å². The molecule has 0 atom stereocenters. The molecule has 24 heavy (non-hydrogen) atoms. The number of hydrogen-bond acceptors (Lipinski definition) is 3. The topological polar surface area (TPSA) is 38.9 Å². The predicted molar refractivity (Wildman–Crippen MR) is 97.9 cm³/mol. The molecule has 1 aromatic carbocycles. The summed E-state index contributed by atoms with van der Waals surface area (Å²) in [6.07, 6.45) is 7.19. The second-order valence-corrected chi connectivity index (χ2v) is 7.89. The summed E-state index contributed by atoms with van der Waals surface area (Å²) in [6, 6.07) is 8.43. The van der Waals surface area contributed by atoms with Crippen LogP contribution in [0.1, 0.15) is 77.2 Å². The van der Waals surface area contributed by atoms with Crippen LogP contribution in [0.2, 0.25) is 0 Å². The summed E-state index contributed by atoms with van der Waals surface area (Å²) in [7, 11) is 0. The van der Waals surface area contributed by atoms with Crippen LogP contribution in [-0.4, -0.2) is 10.2 Å². The van der Waals surface area contributed by atoms with Crippen molar-refractivity contribution in [2.45, 2.75) is 72.1 Å². The lowest BCUT2D eigenvalue weighted by atomic mass is 9.67. The van der Waals surface area contributed by atoms with Crippen LogP contribution in [0, 0.1) is 11.3 Å². The number of benzene rings is 1. The van der Waals surface area contributed by atoms with Gasteiger partial charge in [0.2, 0.25) is 11.8 Å². The summed E-state index contributed by atoms with van der Waals surface area (Å²) < 4.78 is 6.01. The molecule has 1 fully saturated rings. The van der Waals surface area contributed by atoms with E-state index in [-0.39, 0.29) is 0 Å². The summed E-state index contributed by atoms with van der Waals surface area (Å²) >= 11 is 0. The summed E-state index contributed by atoms with van der Waals surface area (Å²) in [5.74, 6) is 2.74. The number of rotatable bonds is 5. The van der Waals surface area contributed by atoms with Gasteiger partial charge in [0.05, 0.1) is 0 Å². The highest BCUT2D eigenvalue weighted by Crippen LogP contribution is 2.44. The van der Waals surface area contributed by atoms with Gasteiger partial charge < -0.3 is 4.42 Å². The molecule has 0 amide bonds. The largest absolute Gasteiger partial charge is 0.420 e. The van der Waals surface area contributed by atoms with Crippen molar-refractivity contribution >= 4 is 0 Å². The molecule has 2 aromatic rings. The second-order valence-electron chi connectivity index (χ2n) is 7.89. The lowest BCUT2D eigenvalue weighted by Gasteiger charge is -2.38. The summed E-state index contributed by atoms with van der Waals surface area (Å²) in [6.45, 7) is 9.28. The summed E-state index contributed by atoms with van der Waals surface area (Å²) in [5.41, 5.74) is 2.80. The molecule has 0 spiro atoms. The Hall–Kier alpha value is -1.64. The Kier molecular flexibility index (Phi) is 5.07. The molecule has 1 saturated carbocycles. The van der Waals surface area contributed by atoms with Crippen molar-refractivity contribution < 1.29 is 4.42 Å². The zero-order valence-corrected chi connectivity index (χ0v) is 15.5. The van der Waals surface area contributed by atoms with Gasteiger partial charge in [0.15, 0.2) is 0 Å². The first-order chi connectivity index (χ1) is 11.5. The number of aromatic nitrogens is 2. The Morgan fingerprint density at radius 1 is 1.00 bits per heavy atom. The molecule has 0 aliphatic heterocycles. The maximum atomic E-state index is 6.01. The molecular weight excluding hydrogens is 296 g/mol. The first kappa shape index (κ1) is 17.2.